The van der Waals surface area contributed by atoms with Crippen molar-refractivity contribution in [3.63, 3.8) is 0 Å². The first-order valence-electron chi connectivity index (χ1n) is 7.90. The van der Waals surface area contributed by atoms with E-state index in [2.05, 4.69) is 26.0 Å². The first-order valence-corrected chi connectivity index (χ1v) is 8.70. The van der Waals surface area contributed by atoms with Crippen LogP contribution in [-0.4, -0.2) is 32.6 Å². The maximum Gasteiger partial charge on any atom is 0.255 e. The van der Waals surface area contributed by atoms with Crippen LogP contribution in [0.2, 0.25) is 0 Å². The lowest BCUT2D eigenvalue weighted by Crippen LogP contribution is -2.27. The van der Waals surface area contributed by atoms with E-state index in [4.69, 9.17) is 0 Å². The lowest BCUT2D eigenvalue weighted by atomic mass is 10.1. The highest BCUT2D eigenvalue weighted by Gasteiger charge is 2.16. The van der Waals surface area contributed by atoms with E-state index < -0.39 is 0 Å². The normalized spacial score (nSPS) is 10.7. The highest BCUT2D eigenvalue weighted by Crippen LogP contribution is 2.23. The van der Waals surface area contributed by atoms with Gasteiger partial charge in [-0.2, -0.15) is 5.10 Å². The summed E-state index contributed by atoms with van der Waals surface area (Å²) in [7, 11) is 3.65. The Hall–Kier alpha value is -2.47. The third-order valence-corrected chi connectivity index (χ3v) is 4.45. The number of hydrogen-bond acceptors (Lipinski definition) is 3. The van der Waals surface area contributed by atoms with E-state index in [1.165, 1.54) is 0 Å². The summed E-state index contributed by atoms with van der Waals surface area (Å²) in [5.41, 5.74) is 4.20. The van der Waals surface area contributed by atoms with Gasteiger partial charge >= 0.3 is 0 Å². The molecule has 5 nitrogen and oxygen atoms in total. The molecule has 0 atom stereocenters. The van der Waals surface area contributed by atoms with Gasteiger partial charge in [-0.3, -0.25) is 14.5 Å². The third kappa shape index (κ3) is 3.96. The number of nitrogens with zero attached hydrogens (tertiary/aromatic N) is 4. The molecular weight excluding hydrogens is 380 g/mol. The number of halogens is 1. The van der Waals surface area contributed by atoms with Crippen LogP contribution in [0.15, 0.2) is 53.3 Å². The van der Waals surface area contributed by atoms with Crippen molar-refractivity contribution in [2.45, 2.75) is 13.5 Å². The fourth-order valence-electron chi connectivity index (χ4n) is 2.70. The number of pyridine rings is 1. The second-order valence-electron chi connectivity index (χ2n) is 6.02. The average Bonchev–Trinajstić information content (AvgIpc) is 2.99. The lowest BCUT2D eigenvalue weighted by Gasteiger charge is -2.17. The fourth-order valence-corrected chi connectivity index (χ4v) is 3.10. The first kappa shape index (κ1) is 17.4. The van der Waals surface area contributed by atoms with E-state index in [0.717, 1.165) is 27.0 Å². The Morgan fingerprint density at radius 3 is 2.72 bits per heavy atom. The highest BCUT2D eigenvalue weighted by atomic mass is 79.9. The number of aromatic nitrogens is 3. The minimum absolute atomic E-state index is 0.0466. The molecule has 0 N–H and O–H groups in total. The molecule has 128 valence electrons. The molecule has 0 saturated heterocycles. The molecule has 0 spiro atoms. The minimum Gasteiger partial charge on any atom is -0.337 e. The SMILES string of the molecule is Cc1nc(-c2cccc(Br)c2)ccc1C(=O)N(C)Cc1cnn(C)c1. The largest absolute Gasteiger partial charge is 0.337 e. The molecule has 0 saturated carbocycles. The van der Waals surface area contributed by atoms with Crippen molar-refractivity contribution < 1.29 is 4.79 Å². The van der Waals surface area contributed by atoms with Crippen molar-refractivity contribution in [1.29, 1.82) is 0 Å². The number of rotatable bonds is 4. The molecule has 1 aromatic carbocycles. The van der Waals surface area contributed by atoms with Gasteiger partial charge in [-0.05, 0) is 31.2 Å². The number of hydrogen-bond donors (Lipinski definition) is 0. The van der Waals surface area contributed by atoms with Gasteiger partial charge in [-0.1, -0.05) is 28.1 Å². The van der Waals surface area contributed by atoms with Crippen LogP contribution in [0.3, 0.4) is 0 Å². The molecular formula is C19H19BrN4O. The monoisotopic (exact) mass is 398 g/mol. The van der Waals surface area contributed by atoms with Gasteiger partial charge in [0.05, 0.1) is 23.1 Å². The summed E-state index contributed by atoms with van der Waals surface area (Å²) < 4.78 is 2.73. The smallest absolute Gasteiger partial charge is 0.255 e. The van der Waals surface area contributed by atoms with E-state index in [-0.39, 0.29) is 5.91 Å². The molecule has 0 aliphatic heterocycles. The van der Waals surface area contributed by atoms with Crippen molar-refractivity contribution in [2.75, 3.05) is 7.05 Å². The Morgan fingerprint density at radius 2 is 2.08 bits per heavy atom. The van der Waals surface area contributed by atoms with Crippen molar-refractivity contribution in [1.82, 2.24) is 19.7 Å². The van der Waals surface area contributed by atoms with Gasteiger partial charge in [0.15, 0.2) is 0 Å². The van der Waals surface area contributed by atoms with Crippen LogP contribution in [0.1, 0.15) is 21.6 Å². The Kier molecular flexibility index (Phi) is 4.99. The molecule has 0 aliphatic rings. The van der Waals surface area contributed by atoms with Crippen LogP contribution in [0.25, 0.3) is 11.3 Å². The van der Waals surface area contributed by atoms with Crippen LogP contribution in [-0.2, 0) is 13.6 Å². The highest BCUT2D eigenvalue weighted by molar-refractivity contribution is 9.10. The summed E-state index contributed by atoms with van der Waals surface area (Å²) in [5, 5.41) is 4.13. The molecule has 0 bridgehead atoms. The number of carbonyl (C=O) groups is 1. The molecule has 25 heavy (non-hydrogen) atoms. The van der Waals surface area contributed by atoms with Crippen LogP contribution in [0, 0.1) is 6.92 Å². The summed E-state index contributed by atoms with van der Waals surface area (Å²) in [6, 6.07) is 11.7. The van der Waals surface area contributed by atoms with Gasteiger partial charge in [0.2, 0.25) is 0 Å². The Labute approximate surface area is 155 Å². The first-order chi connectivity index (χ1) is 11.9. The molecule has 0 unspecified atom stereocenters. The number of carbonyl (C=O) groups excluding carboxylic acids is 1. The summed E-state index contributed by atoms with van der Waals surface area (Å²) in [6.45, 7) is 2.38. The lowest BCUT2D eigenvalue weighted by molar-refractivity contribution is 0.0784. The number of aryl methyl sites for hydroxylation is 2. The van der Waals surface area contributed by atoms with Crippen LogP contribution >= 0.6 is 15.9 Å². The molecule has 1 amide bonds. The molecule has 2 aromatic heterocycles. The van der Waals surface area contributed by atoms with E-state index in [1.54, 1.807) is 22.8 Å². The van der Waals surface area contributed by atoms with Crippen molar-refractivity contribution >= 4 is 21.8 Å². The van der Waals surface area contributed by atoms with Gasteiger partial charge in [-0.15, -0.1) is 0 Å². The fraction of sp³-hybridized carbons (Fsp3) is 0.211. The second-order valence-corrected chi connectivity index (χ2v) is 6.94. The summed E-state index contributed by atoms with van der Waals surface area (Å²) in [6.07, 6.45) is 3.68. The van der Waals surface area contributed by atoms with Crippen molar-refractivity contribution in [3.8, 4) is 11.3 Å². The molecule has 3 rings (SSSR count). The summed E-state index contributed by atoms with van der Waals surface area (Å²) >= 11 is 3.47. The Balaban J connectivity index is 1.81. The van der Waals surface area contributed by atoms with Crippen molar-refractivity contribution in [2.24, 2.45) is 7.05 Å². The standard InChI is InChI=1S/C19H19BrN4O/c1-13-17(19(25)23(2)11-14-10-21-24(3)12-14)7-8-18(22-13)15-5-4-6-16(20)9-15/h4-10,12H,11H2,1-3H3. The molecule has 6 heteroatoms. The van der Waals surface area contributed by atoms with Gasteiger partial charge in [0, 0.05) is 42.4 Å². The van der Waals surface area contributed by atoms with E-state index in [0.29, 0.717) is 12.1 Å². The molecule has 3 aromatic rings. The zero-order valence-corrected chi connectivity index (χ0v) is 16.0. The topological polar surface area (TPSA) is 51.0 Å². The Bertz CT molecular complexity index is 919. The summed E-state index contributed by atoms with van der Waals surface area (Å²) in [5.74, 6) is -0.0466. The molecule has 0 radical (unpaired) electrons. The number of benzene rings is 1. The third-order valence-electron chi connectivity index (χ3n) is 3.96. The van der Waals surface area contributed by atoms with Crippen LogP contribution in [0.4, 0.5) is 0 Å². The van der Waals surface area contributed by atoms with E-state index >= 15 is 0 Å². The zero-order chi connectivity index (χ0) is 18.0. The zero-order valence-electron chi connectivity index (χ0n) is 14.4. The van der Waals surface area contributed by atoms with E-state index in [1.807, 2.05) is 56.6 Å². The molecule has 0 fully saturated rings. The molecule has 2 heterocycles. The Morgan fingerprint density at radius 1 is 1.28 bits per heavy atom. The number of amides is 1. The maximum absolute atomic E-state index is 12.7. The summed E-state index contributed by atoms with van der Waals surface area (Å²) in [4.78, 5) is 19.0. The minimum atomic E-state index is -0.0466. The molecule has 0 aliphatic carbocycles. The van der Waals surface area contributed by atoms with Gasteiger partial charge in [0.25, 0.3) is 5.91 Å². The van der Waals surface area contributed by atoms with Crippen LogP contribution in [0.5, 0.6) is 0 Å². The van der Waals surface area contributed by atoms with Gasteiger partial charge in [0.1, 0.15) is 0 Å². The maximum atomic E-state index is 12.7. The predicted molar refractivity (Wildman–Crippen MR) is 101 cm³/mol. The predicted octanol–water partition coefficient (Wildman–Crippen LogP) is 3.83. The average molecular weight is 399 g/mol. The quantitative estimate of drug-likeness (QED) is 0.670. The van der Waals surface area contributed by atoms with Gasteiger partial charge in [-0.25, -0.2) is 0 Å². The van der Waals surface area contributed by atoms with Crippen molar-refractivity contribution in [3.05, 3.63) is 70.1 Å². The second kappa shape index (κ2) is 7.19. The van der Waals surface area contributed by atoms with E-state index in [9.17, 15) is 4.79 Å². The van der Waals surface area contributed by atoms with Crippen LogP contribution < -0.4 is 0 Å². The van der Waals surface area contributed by atoms with Gasteiger partial charge < -0.3 is 4.90 Å².